The van der Waals surface area contributed by atoms with E-state index >= 15 is 0 Å². The zero-order valence-corrected chi connectivity index (χ0v) is 14.7. The number of halogens is 1. The second-order valence-corrected chi connectivity index (χ2v) is 6.59. The van der Waals surface area contributed by atoms with Crippen LogP contribution in [0.15, 0.2) is 42.6 Å². The summed E-state index contributed by atoms with van der Waals surface area (Å²) >= 11 is 5.88. The maximum absolute atomic E-state index is 12.4. The van der Waals surface area contributed by atoms with Crippen LogP contribution in [0.4, 0.5) is 5.69 Å². The van der Waals surface area contributed by atoms with Crippen LogP contribution in [0.3, 0.4) is 0 Å². The molecule has 1 aliphatic rings. The lowest BCUT2D eigenvalue weighted by molar-refractivity contribution is -0.385. The number of hydrogen-bond donors (Lipinski definition) is 1. The van der Waals surface area contributed by atoms with Gasteiger partial charge in [-0.05, 0) is 43.9 Å². The zero-order chi connectivity index (χ0) is 18.5. The number of rotatable bonds is 5. The minimum atomic E-state index is -0.581. The van der Waals surface area contributed by atoms with Gasteiger partial charge >= 0.3 is 0 Å². The van der Waals surface area contributed by atoms with Crippen molar-refractivity contribution in [3.8, 4) is 5.88 Å². The standard InChI is InChI=1S/C18H18ClN3O4/c19-12-4-9-16(22(24)25)15(11-12)18(23)21-13-5-7-14(8-6-13)26-17-3-1-2-10-20-17/h1-4,9-11,13-14H,5-8H2,(H,21,23). The van der Waals surface area contributed by atoms with Crippen LogP contribution in [0, 0.1) is 10.1 Å². The van der Waals surface area contributed by atoms with Crippen LogP contribution in [-0.2, 0) is 0 Å². The quantitative estimate of drug-likeness (QED) is 0.634. The highest BCUT2D eigenvalue weighted by Crippen LogP contribution is 2.25. The van der Waals surface area contributed by atoms with Crippen molar-refractivity contribution in [2.75, 3.05) is 0 Å². The number of hydrogen-bond acceptors (Lipinski definition) is 5. The van der Waals surface area contributed by atoms with E-state index in [1.54, 1.807) is 6.20 Å². The van der Waals surface area contributed by atoms with Crippen molar-refractivity contribution in [3.63, 3.8) is 0 Å². The first kappa shape index (κ1) is 18.1. The Kier molecular flexibility index (Phi) is 5.68. The number of aromatic nitrogens is 1. The highest BCUT2D eigenvalue weighted by molar-refractivity contribution is 6.31. The summed E-state index contributed by atoms with van der Waals surface area (Å²) in [6.45, 7) is 0. The van der Waals surface area contributed by atoms with Gasteiger partial charge in [0.15, 0.2) is 0 Å². The lowest BCUT2D eigenvalue weighted by Crippen LogP contribution is -2.40. The van der Waals surface area contributed by atoms with Gasteiger partial charge in [-0.2, -0.15) is 0 Å². The van der Waals surface area contributed by atoms with E-state index in [0.29, 0.717) is 5.88 Å². The number of ether oxygens (including phenoxy) is 1. The van der Waals surface area contributed by atoms with Crippen LogP contribution in [0.5, 0.6) is 5.88 Å². The van der Waals surface area contributed by atoms with E-state index in [9.17, 15) is 14.9 Å². The van der Waals surface area contributed by atoms with Crippen molar-refractivity contribution >= 4 is 23.2 Å². The predicted octanol–water partition coefficient (Wildman–Crippen LogP) is 3.76. The molecule has 2 aromatic rings. The molecule has 26 heavy (non-hydrogen) atoms. The lowest BCUT2D eigenvalue weighted by atomic mass is 9.92. The van der Waals surface area contributed by atoms with Crippen molar-refractivity contribution in [3.05, 3.63) is 63.3 Å². The van der Waals surface area contributed by atoms with Crippen LogP contribution in [-0.4, -0.2) is 28.0 Å². The van der Waals surface area contributed by atoms with Gasteiger partial charge in [-0.1, -0.05) is 17.7 Å². The van der Waals surface area contributed by atoms with Crippen LogP contribution < -0.4 is 10.1 Å². The zero-order valence-electron chi connectivity index (χ0n) is 13.9. The fraction of sp³-hybridized carbons (Fsp3) is 0.333. The fourth-order valence-corrected chi connectivity index (χ4v) is 3.20. The van der Waals surface area contributed by atoms with E-state index in [0.717, 1.165) is 25.7 Å². The Bertz CT molecular complexity index is 792. The third kappa shape index (κ3) is 4.49. The molecule has 0 spiro atoms. The summed E-state index contributed by atoms with van der Waals surface area (Å²) in [5.74, 6) is 0.114. The molecule has 1 amide bonds. The largest absolute Gasteiger partial charge is 0.474 e. The molecular weight excluding hydrogens is 358 g/mol. The van der Waals surface area contributed by atoms with E-state index in [4.69, 9.17) is 16.3 Å². The molecule has 0 atom stereocenters. The van der Waals surface area contributed by atoms with Crippen LogP contribution in [0.25, 0.3) is 0 Å². The smallest absolute Gasteiger partial charge is 0.282 e. The van der Waals surface area contributed by atoms with E-state index in [-0.39, 0.29) is 28.4 Å². The molecule has 3 rings (SSSR count). The number of amides is 1. The van der Waals surface area contributed by atoms with Gasteiger partial charge in [0, 0.05) is 29.4 Å². The van der Waals surface area contributed by atoms with Gasteiger partial charge in [-0.15, -0.1) is 0 Å². The Hall–Kier alpha value is -2.67. The van der Waals surface area contributed by atoms with Crippen molar-refractivity contribution < 1.29 is 14.5 Å². The summed E-state index contributed by atoms with van der Waals surface area (Å²) in [5, 5.41) is 14.3. The van der Waals surface area contributed by atoms with E-state index in [1.165, 1.54) is 18.2 Å². The van der Waals surface area contributed by atoms with Crippen LogP contribution in [0.2, 0.25) is 5.02 Å². The summed E-state index contributed by atoms with van der Waals surface area (Å²) in [5.41, 5.74) is -0.270. The summed E-state index contributed by atoms with van der Waals surface area (Å²) in [6, 6.07) is 9.42. The molecule has 0 saturated heterocycles. The second-order valence-electron chi connectivity index (χ2n) is 6.15. The van der Waals surface area contributed by atoms with Crippen molar-refractivity contribution in [1.29, 1.82) is 0 Å². The monoisotopic (exact) mass is 375 g/mol. The average Bonchev–Trinajstić information content (AvgIpc) is 2.64. The molecule has 0 unspecified atom stereocenters. The fourth-order valence-electron chi connectivity index (χ4n) is 3.03. The highest BCUT2D eigenvalue weighted by atomic mass is 35.5. The molecule has 0 aliphatic heterocycles. The van der Waals surface area contributed by atoms with Gasteiger partial charge < -0.3 is 10.1 Å². The molecule has 1 heterocycles. The minimum absolute atomic E-state index is 0.0191. The summed E-state index contributed by atoms with van der Waals surface area (Å²) in [6.07, 6.45) is 4.76. The summed E-state index contributed by atoms with van der Waals surface area (Å²) in [4.78, 5) is 27.1. The SMILES string of the molecule is O=C(NC1CCC(Oc2ccccn2)CC1)c1cc(Cl)ccc1[N+](=O)[O-]. The lowest BCUT2D eigenvalue weighted by Gasteiger charge is -2.29. The van der Waals surface area contributed by atoms with Crippen molar-refractivity contribution in [2.45, 2.75) is 37.8 Å². The van der Waals surface area contributed by atoms with Gasteiger partial charge in [0.25, 0.3) is 11.6 Å². The molecule has 136 valence electrons. The molecule has 8 heteroatoms. The number of nitrogens with one attached hydrogen (secondary N) is 1. The first-order valence-electron chi connectivity index (χ1n) is 8.35. The van der Waals surface area contributed by atoms with Gasteiger partial charge in [-0.3, -0.25) is 14.9 Å². The molecule has 1 aliphatic carbocycles. The Morgan fingerprint density at radius 2 is 2.00 bits per heavy atom. The van der Waals surface area contributed by atoms with Crippen LogP contribution >= 0.6 is 11.6 Å². The number of nitro groups is 1. The maximum Gasteiger partial charge on any atom is 0.282 e. The number of benzene rings is 1. The van der Waals surface area contributed by atoms with Crippen molar-refractivity contribution in [1.82, 2.24) is 10.3 Å². The van der Waals surface area contributed by atoms with Crippen molar-refractivity contribution in [2.24, 2.45) is 0 Å². The second kappa shape index (κ2) is 8.14. The summed E-state index contributed by atoms with van der Waals surface area (Å²) in [7, 11) is 0. The molecule has 1 N–H and O–H groups in total. The molecule has 0 bridgehead atoms. The van der Waals surface area contributed by atoms with Gasteiger partial charge in [-0.25, -0.2) is 4.98 Å². The Morgan fingerprint density at radius 1 is 1.23 bits per heavy atom. The van der Waals surface area contributed by atoms with Gasteiger partial charge in [0.1, 0.15) is 11.7 Å². The first-order chi connectivity index (χ1) is 12.5. The minimum Gasteiger partial charge on any atom is -0.474 e. The van der Waals surface area contributed by atoms with E-state index in [1.807, 2.05) is 18.2 Å². The molecule has 1 aromatic carbocycles. The molecule has 1 saturated carbocycles. The Morgan fingerprint density at radius 3 is 2.65 bits per heavy atom. The third-order valence-corrected chi connectivity index (χ3v) is 4.57. The maximum atomic E-state index is 12.4. The van der Waals surface area contributed by atoms with Gasteiger partial charge in [0.2, 0.25) is 5.88 Å². The van der Waals surface area contributed by atoms with Gasteiger partial charge in [0.05, 0.1) is 4.92 Å². The number of pyridine rings is 1. The number of carbonyl (C=O) groups is 1. The summed E-state index contributed by atoms with van der Waals surface area (Å²) < 4.78 is 5.83. The number of nitrogens with zero attached hydrogens (tertiary/aromatic N) is 2. The highest BCUT2D eigenvalue weighted by Gasteiger charge is 2.27. The van der Waals surface area contributed by atoms with E-state index < -0.39 is 10.8 Å². The number of nitro benzene ring substituents is 1. The van der Waals surface area contributed by atoms with Crippen LogP contribution in [0.1, 0.15) is 36.0 Å². The molecule has 1 fully saturated rings. The first-order valence-corrected chi connectivity index (χ1v) is 8.73. The predicted molar refractivity (Wildman–Crippen MR) is 96.5 cm³/mol. The molecule has 0 radical (unpaired) electrons. The average molecular weight is 376 g/mol. The topological polar surface area (TPSA) is 94.4 Å². The van der Waals surface area contributed by atoms with E-state index in [2.05, 4.69) is 10.3 Å². The normalized spacial score (nSPS) is 19.6. The molecular formula is C18H18ClN3O4. The molecule has 7 nitrogen and oxygen atoms in total. The molecule has 1 aromatic heterocycles. The number of carbonyl (C=O) groups excluding carboxylic acids is 1. The Labute approximate surface area is 155 Å². The third-order valence-electron chi connectivity index (χ3n) is 4.33. The Balaban J connectivity index is 1.57.